The molecule has 492 valence electrons. The lowest BCUT2D eigenvalue weighted by molar-refractivity contribution is -0.141. The maximum Gasteiger partial charge on any atom is 0.407 e. The summed E-state index contributed by atoms with van der Waals surface area (Å²) in [6, 6.07) is 17.1. The first kappa shape index (κ1) is 71.0. The third kappa shape index (κ3) is 21.8. The van der Waals surface area contributed by atoms with Crippen LogP contribution in [0, 0.1) is 0 Å². The van der Waals surface area contributed by atoms with E-state index >= 15 is 9.59 Å². The van der Waals surface area contributed by atoms with Crippen LogP contribution >= 0.6 is 11.6 Å². The van der Waals surface area contributed by atoms with Crippen LogP contribution in [0.1, 0.15) is 135 Å². The summed E-state index contributed by atoms with van der Waals surface area (Å²) < 4.78 is 29.1. The molecule has 25 nitrogen and oxygen atoms in total. The van der Waals surface area contributed by atoms with E-state index in [1.165, 1.54) is 27.1 Å². The van der Waals surface area contributed by atoms with Gasteiger partial charge in [0.15, 0.2) is 0 Å². The van der Waals surface area contributed by atoms with E-state index in [0.717, 1.165) is 16.0 Å². The van der Waals surface area contributed by atoms with Crippen LogP contribution in [0.5, 0.6) is 11.5 Å². The fourth-order valence-corrected chi connectivity index (χ4v) is 9.63. The van der Waals surface area contributed by atoms with E-state index in [2.05, 4.69) is 47.4 Å². The second-order valence-electron chi connectivity index (χ2n) is 25.0. The van der Waals surface area contributed by atoms with Crippen LogP contribution < -0.4 is 52.4 Å². The second-order valence-corrected chi connectivity index (χ2v) is 25.4. The summed E-state index contributed by atoms with van der Waals surface area (Å²) >= 11 is 6.14. The number of nitrogen functional groups attached to an aromatic ring is 1. The van der Waals surface area contributed by atoms with Crippen molar-refractivity contribution >= 4 is 65.1 Å². The Morgan fingerprint density at radius 2 is 1.23 bits per heavy atom. The largest absolute Gasteiger partial charge is 0.491 e. The molecule has 91 heavy (non-hydrogen) atoms. The number of amides is 8. The first-order valence-electron chi connectivity index (χ1n) is 30.0. The lowest BCUT2D eigenvalue weighted by Gasteiger charge is -2.33. The van der Waals surface area contributed by atoms with E-state index in [1.807, 2.05) is 12.1 Å². The zero-order valence-corrected chi connectivity index (χ0v) is 54.3. The molecule has 4 bridgehead atoms. The summed E-state index contributed by atoms with van der Waals surface area (Å²) in [6.45, 7) is 18.4. The van der Waals surface area contributed by atoms with Gasteiger partial charge in [0.1, 0.15) is 71.8 Å². The molecule has 11 N–H and O–H groups in total. The summed E-state index contributed by atoms with van der Waals surface area (Å²) in [5.41, 5.74) is 7.18. The molecule has 0 aliphatic carbocycles. The number of ether oxygens (including phenoxy) is 5. The molecular weight excluding hydrogens is 1190 g/mol. The molecule has 2 heterocycles. The third-order valence-electron chi connectivity index (χ3n) is 13.9. The van der Waals surface area contributed by atoms with Gasteiger partial charge in [-0.1, -0.05) is 48.0 Å². The number of aliphatic hydroxyl groups is 1. The molecule has 0 saturated heterocycles. The van der Waals surface area contributed by atoms with E-state index in [-0.39, 0.29) is 79.7 Å². The number of anilines is 1. The van der Waals surface area contributed by atoms with Crippen molar-refractivity contribution in [1.82, 2.24) is 52.3 Å². The Hall–Kier alpha value is -9.10. The predicted molar refractivity (Wildman–Crippen MR) is 342 cm³/mol. The van der Waals surface area contributed by atoms with Gasteiger partial charge in [0.25, 0.3) is 5.91 Å². The van der Waals surface area contributed by atoms with E-state index in [1.54, 1.807) is 135 Å². The average Bonchev–Trinajstić information content (AvgIpc) is 1.58. The number of likely N-dealkylation sites (N-methyl/N-ethyl adjacent to an activating group) is 1. The van der Waals surface area contributed by atoms with Crippen molar-refractivity contribution in [3.63, 3.8) is 0 Å². The Morgan fingerprint density at radius 3 is 1.77 bits per heavy atom. The number of nitrogens with one attached hydrogen (secondary N) is 8. The predicted octanol–water partition coefficient (Wildman–Crippen LogP) is 7.56. The number of unbranched alkanes of at least 4 members (excludes halogenated alkanes) is 1. The molecule has 26 heteroatoms. The lowest BCUT2D eigenvalue weighted by atomic mass is 9.93. The normalized spacial score (nSPS) is 16.2. The Kier molecular flexibility index (Phi) is 24.6. The molecule has 1 aliphatic rings. The van der Waals surface area contributed by atoms with E-state index in [4.69, 9.17) is 41.0 Å². The summed E-state index contributed by atoms with van der Waals surface area (Å²) in [5.74, 6) is -3.27. The molecule has 5 aromatic rings. The van der Waals surface area contributed by atoms with Crippen molar-refractivity contribution < 1.29 is 67.1 Å². The molecule has 1 aliphatic heterocycles. The number of nitrogens with two attached hydrogens (primary N) is 1. The van der Waals surface area contributed by atoms with Crippen LogP contribution in [0.3, 0.4) is 0 Å². The van der Waals surface area contributed by atoms with Crippen LogP contribution in [0.2, 0.25) is 5.02 Å². The van der Waals surface area contributed by atoms with Crippen molar-refractivity contribution in [3.8, 4) is 33.8 Å². The number of fused-ring (bicyclic) bond motifs is 5. The van der Waals surface area contributed by atoms with Crippen molar-refractivity contribution in [2.45, 2.75) is 155 Å². The number of benzene rings is 4. The zero-order chi connectivity index (χ0) is 67.0. The average molecular weight is 1280 g/mol. The van der Waals surface area contributed by atoms with Gasteiger partial charge in [-0.3, -0.25) is 29.1 Å². The maximum absolute atomic E-state index is 15.4. The van der Waals surface area contributed by atoms with Crippen molar-refractivity contribution in [2.24, 2.45) is 0 Å². The molecule has 0 radical (unpaired) electrons. The van der Waals surface area contributed by atoms with Gasteiger partial charge in [0, 0.05) is 41.7 Å². The first-order chi connectivity index (χ1) is 42.7. The molecule has 1 aromatic heterocycles. The summed E-state index contributed by atoms with van der Waals surface area (Å²) in [4.78, 5) is 113. The SMILES string of the molecule is CC1NC(=O)C(N(C)C(=O)C(CCCCNC(=O)OC(C)(C)C)NC(=O)c2ccc(-c3ccc(Cl)cc3)cc2)c2ccc(OCCNC(=O)OC(C)(C)C)c(c2)-c2cc(ccc2OCCNC(=O)OC(C)(C)C)CC(C(=O)NC(C)C(O)c2[nH]ncc2N)NC1=O. The van der Waals surface area contributed by atoms with Gasteiger partial charge >= 0.3 is 18.3 Å². The highest BCUT2D eigenvalue weighted by molar-refractivity contribution is 6.30. The van der Waals surface area contributed by atoms with Crippen LogP contribution in [-0.4, -0.2) is 149 Å². The monoisotopic (exact) mass is 1280 g/mol. The molecule has 4 aromatic carbocycles. The van der Waals surface area contributed by atoms with Crippen molar-refractivity contribution in [3.05, 3.63) is 119 Å². The molecule has 6 unspecified atom stereocenters. The van der Waals surface area contributed by atoms with Gasteiger partial charge in [-0.2, -0.15) is 5.10 Å². The van der Waals surface area contributed by atoms with Crippen LogP contribution in [0.15, 0.2) is 91.1 Å². The van der Waals surface area contributed by atoms with Crippen LogP contribution in [0.25, 0.3) is 22.3 Å². The minimum absolute atomic E-state index is 0.0155. The van der Waals surface area contributed by atoms with E-state index in [9.17, 15) is 33.9 Å². The second kappa shape index (κ2) is 31.6. The summed E-state index contributed by atoms with van der Waals surface area (Å²) in [6.07, 6.45) is -1.53. The molecule has 0 spiro atoms. The summed E-state index contributed by atoms with van der Waals surface area (Å²) in [5, 5.41) is 37.6. The van der Waals surface area contributed by atoms with Gasteiger partial charge in [-0.25, -0.2) is 14.4 Å². The van der Waals surface area contributed by atoms with Gasteiger partial charge < -0.3 is 76.6 Å². The number of rotatable bonds is 22. The molecule has 8 amide bonds. The standard InChI is InChI=1S/C65H86ClN11O14/c1-37(54(78)52-47(67)36-71-76-52)72-57(81)49-34-39-16-26-50(87-31-29-69-61(85)90-64(6,7)8)45(33-39)46-35-43(23-27-51(46)88-32-30-70-62(86)91-65(9,10)11)53(58(82)73-38(2)55(79)75-49)77(12)59(83)48(15-13-14-28-68-60(84)89-63(3,4)5)74-56(80)42-19-17-40(18-20-42)41-21-24-44(66)25-22-41/h16-27,33,35-38,48-49,53-54,78H,13-15,28-32,34,67H2,1-12H3,(H,68,84)(H,69,85)(H,70,86)(H,71,76)(H,72,81)(H,73,82)(H,74,80)(H,75,79). The quantitative estimate of drug-likeness (QED) is 0.0236. The number of aliphatic hydroxyl groups excluding tert-OH is 1. The zero-order valence-electron chi connectivity index (χ0n) is 53.6. The number of hydrogen-bond donors (Lipinski definition) is 10. The van der Waals surface area contributed by atoms with E-state index < -0.39 is 101 Å². The van der Waals surface area contributed by atoms with E-state index in [0.29, 0.717) is 34.6 Å². The first-order valence-corrected chi connectivity index (χ1v) is 30.4. The topological polar surface area (TPSA) is 345 Å². The molecule has 0 saturated carbocycles. The number of aromatic amines is 1. The Labute approximate surface area is 535 Å². The fourth-order valence-electron chi connectivity index (χ4n) is 9.50. The Bertz CT molecular complexity index is 3360. The molecule has 6 atom stereocenters. The minimum Gasteiger partial charge on any atom is -0.491 e. The smallest absolute Gasteiger partial charge is 0.407 e. The number of carbonyl (C=O) groups excluding carboxylic acids is 8. The minimum atomic E-state index is -1.57. The number of H-pyrrole nitrogens is 1. The van der Waals surface area contributed by atoms with Gasteiger partial charge in [0.05, 0.1) is 36.7 Å². The highest BCUT2D eigenvalue weighted by atomic mass is 35.5. The number of carbonyl (C=O) groups is 8. The third-order valence-corrected chi connectivity index (χ3v) is 14.1. The molecular formula is C65H86ClN11O14. The number of nitrogens with zero attached hydrogens (tertiary/aromatic N) is 2. The van der Waals surface area contributed by atoms with Crippen LogP contribution in [0.4, 0.5) is 20.1 Å². The van der Waals surface area contributed by atoms with Crippen molar-refractivity contribution in [1.29, 1.82) is 0 Å². The number of halogens is 1. The Morgan fingerprint density at radius 1 is 0.703 bits per heavy atom. The highest BCUT2D eigenvalue weighted by Crippen LogP contribution is 2.40. The van der Waals surface area contributed by atoms with Gasteiger partial charge in [0.2, 0.25) is 23.6 Å². The molecule has 0 fully saturated rings. The van der Waals surface area contributed by atoms with Gasteiger partial charge in [-0.05, 0) is 166 Å². The van der Waals surface area contributed by atoms with Gasteiger partial charge in [-0.15, -0.1) is 0 Å². The molecule has 6 rings (SSSR count). The highest BCUT2D eigenvalue weighted by Gasteiger charge is 2.37. The lowest BCUT2D eigenvalue weighted by Crippen LogP contribution is -2.56. The maximum atomic E-state index is 15.4. The number of hydrogen-bond acceptors (Lipinski definition) is 16. The number of aromatic nitrogens is 2. The fraction of sp³-hybridized carbons (Fsp3) is 0.462. The Balaban J connectivity index is 1.45. The number of alkyl carbamates (subject to hydrolysis) is 3. The summed E-state index contributed by atoms with van der Waals surface area (Å²) in [7, 11) is 1.39. The van der Waals surface area contributed by atoms with Crippen LogP contribution in [-0.2, 0) is 39.8 Å². The van der Waals surface area contributed by atoms with Crippen molar-refractivity contribution in [2.75, 3.05) is 45.6 Å².